The van der Waals surface area contributed by atoms with Crippen LogP contribution in [0.1, 0.15) is 39.5 Å². The number of aliphatic hydroxyl groups excluding tert-OH is 1. The highest BCUT2D eigenvalue weighted by molar-refractivity contribution is 5.67. The Bertz CT molecular complexity index is 321. The van der Waals surface area contributed by atoms with Crippen molar-refractivity contribution in [3.63, 3.8) is 0 Å². The van der Waals surface area contributed by atoms with Gasteiger partial charge in [-0.25, -0.2) is 4.79 Å². The maximum atomic E-state index is 11.8. The van der Waals surface area contributed by atoms with Crippen molar-refractivity contribution in [3.8, 4) is 0 Å². The lowest BCUT2D eigenvalue weighted by atomic mass is 10.0. The largest absolute Gasteiger partial charge is 0.449 e. The molecule has 0 radical (unpaired) electrons. The van der Waals surface area contributed by atoms with Gasteiger partial charge in [0.1, 0.15) is 0 Å². The van der Waals surface area contributed by atoms with E-state index in [1.165, 1.54) is 0 Å². The summed E-state index contributed by atoms with van der Waals surface area (Å²) < 4.78 is 5.25. The molecule has 20 heavy (non-hydrogen) atoms. The van der Waals surface area contributed by atoms with E-state index in [1.54, 1.807) is 4.90 Å². The van der Waals surface area contributed by atoms with Crippen LogP contribution in [0, 0.1) is 11.3 Å². The van der Waals surface area contributed by atoms with Gasteiger partial charge < -0.3 is 20.1 Å². The van der Waals surface area contributed by atoms with Gasteiger partial charge in [-0.15, -0.1) is 0 Å². The fraction of sp³-hybridized carbons (Fsp3) is 0.933. The lowest BCUT2D eigenvalue weighted by Crippen LogP contribution is -2.46. The summed E-state index contributed by atoms with van der Waals surface area (Å²) in [7, 11) is 0. The Balaban J connectivity index is 1.63. The first-order valence-corrected chi connectivity index (χ1v) is 7.81. The molecule has 1 saturated carbocycles. The molecule has 2 rings (SSSR count). The number of carbonyl (C=O) groups excluding carboxylic acids is 1. The van der Waals surface area contributed by atoms with E-state index in [4.69, 9.17) is 4.74 Å². The molecular weight excluding hydrogens is 256 g/mol. The van der Waals surface area contributed by atoms with Crippen LogP contribution in [-0.4, -0.2) is 55.0 Å². The third-order valence-electron chi connectivity index (χ3n) is 4.35. The quantitative estimate of drug-likeness (QED) is 0.778. The minimum atomic E-state index is -0.175. The average Bonchev–Trinajstić information content (AvgIpc) is 3.24. The zero-order chi connectivity index (χ0) is 14.6. The van der Waals surface area contributed by atoms with Crippen molar-refractivity contribution in [1.29, 1.82) is 0 Å². The van der Waals surface area contributed by atoms with E-state index in [9.17, 15) is 9.90 Å². The van der Waals surface area contributed by atoms with Crippen LogP contribution in [0.15, 0.2) is 0 Å². The van der Waals surface area contributed by atoms with Crippen molar-refractivity contribution in [2.75, 3.05) is 32.8 Å². The van der Waals surface area contributed by atoms with Crippen LogP contribution in [0.3, 0.4) is 0 Å². The number of carbonyl (C=O) groups is 1. The van der Waals surface area contributed by atoms with Gasteiger partial charge in [-0.2, -0.15) is 0 Å². The summed E-state index contributed by atoms with van der Waals surface area (Å²) in [5, 5.41) is 12.8. The fourth-order valence-corrected chi connectivity index (χ4v) is 2.52. The van der Waals surface area contributed by atoms with Crippen LogP contribution in [0.5, 0.6) is 0 Å². The van der Waals surface area contributed by atoms with Gasteiger partial charge in [-0.05, 0) is 31.6 Å². The first-order chi connectivity index (χ1) is 9.54. The third kappa shape index (κ3) is 4.35. The van der Waals surface area contributed by atoms with E-state index in [0.29, 0.717) is 25.2 Å². The van der Waals surface area contributed by atoms with E-state index in [1.807, 2.05) is 13.8 Å². The van der Waals surface area contributed by atoms with Crippen LogP contribution in [0.25, 0.3) is 0 Å². The number of aliphatic hydroxyl groups is 1. The van der Waals surface area contributed by atoms with Gasteiger partial charge in [-0.1, -0.05) is 13.8 Å². The highest BCUT2D eigenvalue weighted by Gasteiger charge is 2.42. The summed E-state index contributed by atoms with van der Waals surface area (Å²) in [4.78, 5) is 13.6. The number of rotatable bonds is 6. The third-order valence-corrected chi connectivity index (χ3v) is 4.35. The maximum absolute atomic E-state index is 11.8. The first-order valence-electron chi connectivity index (χ1n) is 7.81. The zero-order valence-corrected chi connectivity index (χ0v) is 12.7. The maximum Gasteiger partial charge on any atom is 0.409 e. The molecule has 5 nitrogen and oxygen atoms in total. The summed E-state index contributed by atoms with van der Waals surface area (Å²) >= 11 is 0. The molecule has 116 valence electrons. The summed E-state index contributed by atoms with van der Waals surface area (Å²) in [6.07, 6.45) is 4.04. The van der Waals surface area contributed by atoms with Gasteiger partial charge in [0.2, 0.25) is 0 Å². The van der Waals surface area contributed by atoms with Crippen LogP contribution < -0.4 is 5.32 Å². The summed E-state index contributed by atoms with van der Waals surface area (Å²) in [5.74, 6) is 0.381. The molecule has 2 N–H and O–H groups in total. The van der Waals surface area contributed by atoms with E-state index in [0.717, 1.165) is 45.3 Å². The predicted molar refractivity (Wildman–Crippen MR) is 77.5 cm³/mol. The Morgan fingerprint density at radius 3 is 2.55 bits per heavy atom. The summed E-state index contributed by atoms with van der Waals surface area (Å²) in [6, 6.07) is 0.466. The monoisotopic (exact) mass is 284 g/mol. The molecule has 0 atom stereocenters. The number of ether oxygens (including phenoxy) is 1. The van der Waals surface area contributed by atoms with E-state index in [2.05, 4.69) is 5.32 Å². The van der Waals surface area contributed by atoms with Crippen molar-refractivity contribution in [1.82, 2.24) is 10.2 Å². The first kappa shape index (κ1) is 15.6. The predicted octanol–water partition coefficient (Wildman–Crippen LogP) is 1.61. The molecule has 1 heterocycles. The van der Waals surface area contributed by atoms with E-state index >= 15 is 0 Å². The van der Waals surface area contributed by atoms with Crippen molar-refractivity contribution >= 4 is 6.09 Å². The zero-order valence-electron chi connectivity index (χ0n) is 12.7. The Morgan fingerprint density at radius 1 is 1.40 bits per heavy atom. The number of piperidine rings is 1. The molecule has 0 aromatic carbocycles. The van der Waals surface area contributed by atoms with Gasteiger partial charge >= 0.3 is 6.09 Å². The molecule has 2 fully saturated rings. The second kappa shape index (κ2) is 6.76. The van der Waals surface area contributed by atoms with Gasteiger partial charge in [0.25, 0.3) is 0 Å². The molecular formula is C15H28N2O3. The van der Waals surface area contributed by atoms with Crippen molar-refractivity contribution in [3.05, 3.63) is 0 Å². The normalized spacial score (nSPS) is 22.1. The summed E-state index contributed by atoms with van der Waals surface area (Å²) in [5.41, 5.74) is 0.160. The minimum Gasteiger partial charge on any atom is -0.449 e. The van der Waals surface area contributed by atoms with Crippen molar-refractivity contribution in [2.45, 2.75) is 45.6 Å². The lowest BCUT2D eigenvalue weighted by Gasteiger charge is -2.32. The van der Waals surface area contributed by atoms with Crippen molar-refractivity contribution < 1.29 is 14.6 Å². The molecule has 0 aromatic rings. The number of nitrogens with zero attached hydrogens (tertiary/aromatic N) is 1. The summed E-state index contributed by atoms with van der Waals surface area (Å²) in [6.45, 7) is 7.31. The smallest absolute Gasteiger partial charge is 0.409 e. The number of hydrogen-bond acceptors (Lipinski definition) is 4. The number of likely N-dealkylation sites (tertiary alicyclic amines) is 1. The number of amides is 1. The average molecular weight is 284 g/mol. The second-order valence-corrected chi connectivity index (χ2v) is 6.77. The molecule has 0 bridgehead atoms. The topological polar surface area (TPSA) is 61.8 Å². The number of hydrogen-bond donors (Lipinski definition) is 2. The minimum absolute atomic E-state index is 0.160. The highest BCUT2D eigenvalue weighted by Crippen LogP contribution is 2.44. The Labute approximate surface area is 121 Å². The van der Waals surface area contributed by atoms with Gasteiger partial charge in [0.05, 0.1) is 6.61 Å². The molecule has 1 amide bonds. The van der Waals surface area contributed by atoms with E-state index < -0.39 is 0 Å². The second-order valence-electron chi connectivity index (χ2n) is 6.77. The van der Waals surface area contributed by atoms with Gasteiger partial charge in [-0.3, -0.25) is 0 Å². The Kier molecular flexibility index (Phi) is 5.27. The van der Waals surface area contributed by atoms with Gasteiger partial charge in [0.15, 0.2) is 0 Å². The lowest BCUT2D eigenvalue weighted by molar-refractivity contribution is 0.0811. The standard InChI is InChI=1S/C15H28N2O3/c1-12(2)9-20-14(19)17-7-3-13(4-8-17)16-10-15(11-18)5-6-15/h12-13,16,18H,3-11H2,1-2H3. The van der Waals surface area contributed by atoms with Gasteiger partial charge in [0, 0.05) is 37.7 Å². The molecule has 0 spiro atoms. The highest BCUT2D eigenvalue weighted by atomic mass is 16.6. The number of nitrogens with one attached hydrogen (secondary N) is 1. The molecule has 1 saturated heterocycles. The molecule has 0 unspecified atom stereocenters. The van der Waals surface area contributed by atoms with E-state index in [-0.39, 0.29) is 11.5 Å². The van der Waals surface area contributed by atoms with Crippen LogP contribution in [0.4, 0.5) is 4.79 Å². The molecule has 2 aliphatic rings. The molecule has 5 heteroatoms. The van der Waals surface area contributed by atoms with Crippen LogP contribution in [0.2, 0.25) is 0 Å². The molecule has 1 aliphatic heterocycles. The van der Waals surface area contributed by atoms with Crippen LogP contribution in [-0.2, 0) is 4.74 Å². The Morgan fingerprint density at radius 2 is 2.05 bits per heavy atom. The SMILES string of the molecule is CC(C)COC(=O)N1CCC(NCC2(CO)CC2)CC1. The van der Waals surface area contributed by atoms with Crippen LogP contribution >= 0.6 is 0 Å². The van der Waals surface area contributed by atoms with Crippen molar-refractivity contribution in [2.24, 2.45) is 11.3 Å². The molecule has 1 aliphatic carbocycles. The molecule has 0 aromatic heterocycles. The Hall–Kier alpha value is -0.810. The fourth-order valence-electron chi connectivity index (χ4n) is 2.52.